The quantitative estimate of drug-likeness (QED) is 0.668. The van der Waals surface area contributed by atoms with Crippen LogP contribution in [0.3, 0.4) is 0 Å². The zero-order chi connectivity index (χ0) is 14.0. The van der Waals surface area contributed by atoms with Crippen molar-refractivity contribution in [2.45, 2.75) is 25.8 Å². The Kier molecular flexibility index (Phi) is 3.30. The van der Waals surface area contributed by atoms with Gasteiger partial charge in [0.15, 0.2) is 5.82 Å². The maximum absolute atomic E-state index is 10.6. The highest BCUT2D eigenvalue weighted by Gasteiger charge is 2.25. The molecule has 0 saturated carbocycles. The van der Waals surface area contributed by atoms with Crippen LogP contribution in [-0.4, -0.2) is 15.1 Å². The molecule has 19 heavy (non-hydrogen) atoms. The maximum atomic E-state index is 10.6. The van der Waals surface area contributed by atoms with E-state index in [0.717, 1.165) is 0 Å². The minimum Gasteiger partial charge on any atom is -0.334 e. The number of nitro benzene ring substituents is 1. The molecular weight excluding hydrogens is 248 g/mol. The van der Waals surface area contributed by atoms with E-state index in [1.807, 2.05) is 13.8 Å². The van der Waals surface area contributed by atoms with Gasteiger partial charge < -0.3 is 10.3 Å². The lowest BCUT2D eigenvalue weighted by Gasteiger charge is -2.16. The summed E-state index contributed by atoms with van der Waals surface area (Å²) < 4.78 is 5.13. The van der Waals surface area contributed by atoms with Gasteiger partial charge in [-0.15, -0.1) is 0 Å². The highest BCUT2D eigenvalue weighted by Crippen LogP contribution is 2.24. The topological polar surface area (TPSA) is 108 Å². The second-order valence-electron chi connectivity index (χ2n) is 4.50. The molecule has 0 spiro atoms. The average Bonchev–Trinajstić information content (AvgIpc) is 2.89. The molecule has 1 heterocycles. The van der Waals surface area contributed by atoms with Gasteiger partial charge in [-0.2, -0.15) is 4.98 Å². The van der Waals surface area contributed by atoms with E-state index in [1.165, 1.54) is 12.1 Å². The van der Waals surface area contributed by atoms with E-state index in [-0.39, 0.29) is 5.69 Å². The molecule has 0 radical (unpaired) electrons. The molecule has 1 aromatic carbocycles. The second kappa shape index (κ2) is 4.77. The van der Waals surface area contributed by atoms with Gasteiger partial charge in [0.05, 0.1) is 10.5 Å². The Balaban J connectivity index is 2.30. The summed E-state index contributed by atoms with van der Waals surface area (Å²) in [6.07, 6.45) is 0.673. The van der Waals surface area contributed by atoms with Crippen molar-refractivity contribution in [2.75, 3.05) is 0 Å². The molecule has 0 aliphatic rings. The molecule has 1 aromatic heterocycles. The van der Waals surface area contributed by atoms with Crippen LogP contribution in [0.1, 0.15) is 26.1 Å². The summed E-state index contributed by atoms with van der Waals surface area (Å²) in [7, 11) is 0. The van der Waals surface area contributed by atoms with Crippen LogP contribution in [0.5, 0.6) is 0 Å². The Bertz CT molecular complexity index is 589. The van der Waals surface area contributed by atoms with Gasteiger partial charge in [0.2, 0.25) is 0 Å². The van der Waals surface area contributed by atoms with Crippen molar-refractivity contribution >= 4 is 5.69 Å². The van der Waals surface area contributed by atoms with E-state index in [9.17, 15) is 10.1 Å². The van der Waals surface area contributed by atoms with Crippen molar-refractivity contribution in [2.24, 2.45) is 5.73 Å². The molecule has 0 amide bonds. The number of hydrogen-bond donors (Lipinski definition) is 1. The molecule has 0 saturated heterocycles. The highest BCUT2D eigenvalue weighted by atomic mass is 16.6. The molecule has 1 unspecified atom stereocenters. The molecule has 7 nitrogen and oxygen atoms in total. The monoisotopic (exact) mass is 262 g/mol. The molecule has 0 aliphatic carbocycles. The van der Waals surface area contributed by atoms with Gasteiger partial charge in [-0.05, 0) is 25.5 Å². The van der Waals surface area contributed by atoms with Crippen molar-refractivity contribution in [3.8, 4) is 11.5 Å². The fraction of sp³-hybridized carbons (Fsp3) is 0.333. The lowest BCUT2D eigenvalue weighted by atomic mass is 10.00. The Morgan fingerprint density at radius 2 is 2.05 bits per heavy atom. The number of nitro groups is 1. The van der Waals surface area contributed by atoms with Gasteiger partial charge in [0.1, 0.15) is 0 Å². The first-order valence-corrected chi connectivity index (χ1v) is 5.82. The first-order valence-electron chi connectivity index (χ1n) is 5.82. The van der Waals surface area contributed by atoms with Gasteiger partial charge >= 0.3 is 0 Å². The average molecular weight is 262 g/mol. The van der Waals surface area contributed by atoms with Crippen molar-refractivity contribution in [1.29, 1.82) is 0 Å². The molecule has 2 aromatic rings. The largest absolute Gasteiger partial charge is 0.334 e. The van der Waals surface area contributed by atoms with E-state index in [2.05, 4.69) is 10.1 Å². The molecule has 0 fully saturated rings. The number of nitrogens with two attached hydrogens (primary N) is 1. The number of non-ortho nitro benzene ring substituents is 1. The lowest BCUT2D eigenvalue weighted by Crippen LogP contribution is -2.33. The molecule has 0 aliphatic heterocycles. The standard InChI is InChI=1S/C12H14N4O3/c1-3-12(2,13)11-14-10(19-15-11)8-4-6-9(7-5-8)16(17)18/h4-7H,3,13H2,1-2H3. The van der Waals surface area contributed by atoms with E-state index < -0.39 is 10.5 Å². The third-order valence-corrected chi connectivity index (χ3v) is 3.00. The van der Waals surface area contributed by atoms with Gasteiger partial charge in [0, 0.05) is 17.7 Å². The van der Waals surface area contributed by atoms with Crippen LogP contribution in [0.25, 0.3) is 11.5 Å². The minimum atomic E-state index is -0.650. The Labute approximate surface area is 109 Å². The van der Waals surface area contributed by atoms with Crippen LogP contribution in [0.2, 0.25) is 0 Å². The van der Waals surface area contributed by atoms with Crippen LogP contribution in [0, 0.1) is 10.1 Å². The third kappa shape index (κ3) is 2.60. The number of benzene rings is 1. The Morgan fingerprint density at radius 1 is 1.42 bits per heavy atom. The van der Waals surface area contributed by atoms with Crippen LogP contribution < -0.4 is 5.73 Å². The second-order valence-corrected chi connectivity index (χ2v) is 4.50. The van der Waals surface area contributed by atoms with Crippen molar-refractivity contribution in [1.82, 2.24) is 10.1 Å². The molecule has 2 rings (SSSR count). The van der Waals surface area contributed by atoms with Crippen LogP contribution in [0.4, 0.5) is 5.69 Å². The van der Waals surface area contributed by atoms with E-state index in [0.29, 0.717) is 23.7 Å². The van der Waals surface area contributed by atoms with Gasteiger partial charge in [-0.3, -0.25) is 10.1 Å². The van der Waals surface area contributed by atoms with Gasteiger partial charge in [-0.1, -0.05) is 12.1 Å². The molecule has 0 bridgehead atoms. The first-order chi connectivity index (χ1) is 8.94. The zero-order valence-corrected chi connectivity index (χ0v) is 10.7. The van der Waals surface area contributed by atoms with Crippen molar-refractivity contribution in [3.63, 3.8) is 0 Å². The fourth-order valence-corrected chi connectivity index (χ4v) is 1.46. The molecule has 7 heteroatoms. The minimum absolute atomic E-state index is 0.0145. The van der Waals surface area contributed by atoms with Crippen molar-refractivity contribution in [3.05, 3.63) is 40.2 Å². The summed E-state index contributed by atoms with van der Waals surface area (Å²) in [5, 5.41) is 14.4. The SMILES string of the molecule is CCC(C)(N)c1noc(-c2ccc([N+](=O)[O-])cc2)n1. The van der Waals surface area contributed by atoms with Gasteiger partial charge in [-0.25, -0.2) is 0 Å². The van der Waals surface area contributed by atoms with Gasteiger partial charge in [0.25, 0.3) is 11.6 Å². The maximum Gasteiger partial charge on any atom is 0.269 e. The van der Waals surface area contributed by atoms with E-state index in [1.54, 1.807) is 12.1 Å². The first kappa shape index (κ1) is 13.2. The summed E-state index contributed by atoms with van der Waals surface area (Å²) in [4.78, 5) is 14.3. The summed E-state index contributed by atoms with van der Waals surface area (Å²) in [6.45, 7) is 3.75. The molecule has 100 valence electrons. The third-order valence-electron chi connectivity index (χ3n) is 3.00. The van der Waals surface area contributed by atoms with Crippen LogP contribution in [-0.2, 0) is 5.54 Å². The number of aromatic nitrogens is 2. The van der Waals surface area contributed by atoms with Crippen LogP contribution >= 0.6 is 0 Å². The Morgan fingerprint density at radius 3 is 2.58 bits per heavy atom. The molecular formula is C12H14N4O3. The van der Waals surface area contributed by atoms with Crippen LogP contribution in [0.15, 0.2) is 28.8 Å². The zero-order valence-electron chi connectivity index (χ0n) is 10.7. The highest BCUT2D eigenvalue weighted by molar-refractivity contribution is 5.55. The van der Waals surface area contributed by atoms with Crippen molar-refractivity contribution < 1.29 is 9.45 Å². The predicted molar refractivity (Wildman–Crippen MR) is 68.2 cm³/mol. The normalized spacial score (nSPS) is 14.1. The summed E-state index contributed by atoms with van der Waals surface area (Å²) in [5.74, 6) is 0.721. The number of nitrogens with zero attached hydrogens (tertiary/aromatic N) is 3. The summed E-state index contributed by atoms with van der Waals surface area (Å²) >= 11 is 0. The fourth-order valence-electron chi connectivity index (χ4n) is 1.46. The summed E-state index contributed by atoms with van der Waals surface area (Å²) in [6, 6.07) is 5.91. The Hall–Kier alpha value is -2.28. The molecule has 1 atom stereocenters. The lowest BCUT2D eigenvalue weighted by molar-refractivity contribution is -0.384. The van der Waals surface area contributed by atoms with E-state index in [4.69, 9.17) is 10.3 Å². The number of rotatable bonds is 4. The number of hydrogen-bond acceptors (Lipinski definition) is 6. The smallest absolute Gasteiger partial charge is 0.269 e. The predicted octanol–water partition coefficient (Wildman–Crippen LogP) is 2.23. The molecule has 2 N–H and O–H groups in total. The summed E-state index contributed by atoms with van der Waals surface area (Å²) in [5.41, 5.74) is 6.00. The van der Waals surface area contributed by atoms with E-state index >= 15 is 0 Å².